The Balaban J connectivity index is 2.39. The van der Waals surface area contributed by atoms with Gasteiger partial charge in [0.05, 0.1) is 27.1 Å². The second-order valence-corrected chi connectivity index (χ2v) is 6.52. The Bertz CT molecular complexity index is 968. The molecule has 166 valence electrons. The first-order valence-electron chi connectivity index (χ1n) is 9.22. The highest BCUT2D eigenvalue weighted by molar-refractivity contribution is 6.02. The number of fused-ring (bicyclic) bond motifs is 3. The third-order valence-electron chi connectivity index (χ3n) is 4.85. The van der Waals surface area contributed by atoms with E-state index in [1.165, 1.54) is 6.20 Å². The Kier molecular flexibility index (Phi) is 6.12. The lowest BCUT2D eigenvalue weighted by Gasteiger charge is -2.47. The fraction of sp³-hybridized carbons (Fsp3) is 0.333. The van der Waals surface area contributed by atoms with E-state index >= 15 is 0 Å². The number of carbonyl (C=O) groups is 2. The van der Waals surface area contributed by atoms with E-state index in [2.05, 4.69) is 4.74 Å². The van der Waals surface area contributed by atoms with Gasteiger partial charge in [-0.05, 0) is 24.6 Å². The van der Waals surface area contributed by atoms with Crippen molar-refractivity contribution in [1.29, 1.82) is 0 Å². The SMILES string of the molecule is CCO/C=C/C1(C(F)(F)F)OC2c3ccccc3C=CN2C(C(=O)OC)=C1C(=O)OC. The summed E-state index contributed by atoms with van der Waals surface area (Å²) in [4.78, 5) is 26.4. The molecule has 0 radical (unpaired) electrons. The molecule has 31 heavy (non-hydrogen) atoms. The van der Waals surface area contributed by atoms with Crippen LogP contribution in [0.3, 0.4) is 0 Å². The zero-order valence-corrected chi connectivity index (χ0v) is 16.9. The van der Waals surface area contributed by atoms with Crippen LogP contribution in [-0.2, 0) is 28.5 Å². The molecule has 2 aliphatic rings. The highest BCUT2D eigenvalue weighted by Gasteiger charge is 2.65. The van der Waals surface area contributed by atoms with Crippen molar-refractivity contribution in [3.63, 3.8) is 0 Å². The van der Waals surface area contributed by atoms with Crippen LogP contribution in [0.5, 0.6) is 0 Å². The summed E-state index contributed by atoms with van der Waals surface area (Å²) in [5.74, 6) is -2.55. The van der Waals surface area contributed by atoms with Gasteiger partial charge in [-0.3, -0.25) is 0 Å². The van der Waals surface area contributed by atoms with E-state index in [1.54, 1.807) is 37.3 Å². The molecule has 0 amide bonds. The van der Waals surface area contributed by atoms with E-state index in [0.29, 0.717) is 17.2 Å². The average Bonchev–Trinajstić information content (AvgIpc) is 2.76. The highest BCUT2D eigenvalue weighted by Crippen LogP contribution is 2.52. The number of hydrogen-bond donors (Lipinski definition) is 0. The number of ether oxygens (including phenoxy) is 4. The number of alkyl halides is 3. The summed E-state index contributed by atoms with van der Waals surface area (Å²) >= 11 is 0. The van der Waals surface area contributed by atoms with E-state index in [0.717, 1.165) is 25.4 Å². The molecule has 2 atom stereocenters. The maximum absolute atomic E-state index is 14.6. The molecule has 2 aliphatic heterocycles. The van der Waals surface area contributed by atoms with Crippen LogP contribution in [0.4, 0.5) is 13.2 Å². The van der Waals surface area contributed by atoms with Gasteiger partial charge in [-0.25, -0.2) is 9.59 Å². The molecule has 2 heterocycles. The van der Waals surface area contributed by atoms with Crippen molar-refractivity contribution in [2.24, 2.45) is 0 Å². The van der Waals surface area contributed by atoms with Gasteiger partial charge in [-0.1, -0.05) is 24.3 Å². The van der Waals surface area contributed by atoms with Gasteiger partial charge in [0.25, 0.3) is 0 Å². The lowest BCUT2D eigenvalue weighted by molar-refractivity contribution is -0.278. The molecule has 0 spiro atoms. The van der Waals surface area contributed by atoms with E-state index in [9.17, 15) is 22.8 Å². The minimum atomic E-state index is -5.16. The second-order valence-electron chi connectivity index (χ2n) is 6.52. The zero-order chi connectivity index (χ0) is 22.8. The Labute approximate surface area is 176 Å². The van der Waals surface area contributed by atoms with Gasteiger partial charge in [-0.2, -0.15) is 13.2 Å². The third kappa shape index (κ3) is 3.67. The van der Waals surface area contributed by atoms with E-state index < -0.39 is 41.2 Å². The van der Waals surface area contributed by atoms with Crippen molar-refractivity contribution in [1.82, 2.24) is 4.90 Å². The fourth-order valence-corrected chi connectivity index (χ4v) is 3.45. The van der Waals surface area contributed by atoms with Crippen molar-refractivity contribution in [3.05, 3.63) is 65.2 Å². The quantitative estimate of drug-likeness (QED) is 0.514. The van der Waals surface area contributed by atoms with Crippen LogP contribution in [-0.4, -0.2) is 49.4 Å². The molecule has 0 aliphatic carbocycles. The number of halogens is 3. The number of hydrogen-bond acceptors (Lipinski definition) is 7. The number of methoxy groups -OCH3 is 2. The molecule has 0 N–H and O–H groups in total. The summed E-state index contributed by atoms with van der Waals surface area (Å²) in [6.07, 6.45) is -2.25. The molecule has 2 unspecified atom stereocenters. The predicted octanol–water partition coefficient (Wildman–Crippen LogP) is 3.45. The zero-order valence-electron chi connectivity index (χ0n) is 16.9. The average molecular weight is 439 g/mol. The molecule has 1 aromatic carbocycles. The van der Waals surface area contributed by atoms with Crippen LogP contribution in [0.15, 0.2) is 54.1 Å². The number of carbonyl (C=O) groups excluding carboxylic acids is 2. The van der Waals surface area contributed by atoms with E-state index in [-0.39, 0.29) is 6.61 Å². The smallest absolute Gasteiger partial charge is 0.425 e. The van der Waals surface area contributed by atoms with Crippen LogP contribution in [0.1, 0.15) is 24.3 Å². The number of benzene rings is 1. The van der Waals surface area contributed by atoms with Crippen molar-refractivity contribution in [3.8, 4) is 0 Å². The van der Waals surface area contributed by atoms with Gasteiger partial charge in [0.15, 0.2) is 6.23 Å². The molecular formula is C21H20F3NO6. The largest absolute Gasteiger partial charge is 0.502 e. The first kappa shape index (κ1) is 22.4. The van der Waals surface area contributed by atoms with Gasteiger partial charge in [-0.15, -0.1) is 0 Å². The van der Waals surface area contributed by atoms with Gasteiger partial charge in [0.1, 0.15) is 11.3 Å². The molecule has 3 rings (SSSR count). The Morgan fingerprint density at radius 3 is 2.48 bits per heavy atom. The van der Waals surface area contributed by atoms with Gasteiger partial charge in [0, 0.05) is 11.8 Å². The third-order valence-corrected chi connectivity index (χ3v) is 4.85. The van der Waals surface area contributed by atoms with Crippen molar-refractivity contribution >= 4 is 18.0 Å². The van der Waals surface area contributed by atoms with Crippen LogP contribution in [0.25, 0.3) is 6.08 Å². The van der Waals surface area contributed by atoms with Crippen molar-refractivity contribution < 1.29 is 41.7 Å². The molecule has 0 fully saturated rings. The topological polar surface area (TPSA) is 74.3 Å². The van der Waals surface area contributed by atoms with Gasteiger partial charge >= 0.3 is 18.1 Å². The second kappa shape index (κ2) is 8.46. The normalized spacial score (nSPS) is 22.8. The molecular weight excluding hydrogens is 419 g/mol. The fourth-order valence-electron chi connectivity index (χ4n) is 3.45. The van der Waals surface area contributed by atoms with Gasteiger partial charge < -0.3 is 23.8 Å². The summed E-state index contributed by atoms with van der Waals surface area (Å²) in [7, 11) is 1.91. The maximum Gasteiger partial charge on any atom is 0.425 e. The molecule has 0 saturated carbocycles. The highest BCUT2D eigenvalue weighted by atomic mass is 19.4. The Morgan fingerprint density at radius 2 is 1.87 bits per heavy atom. The van der Waals surface area contributed by atoms with Crippen LogP contribution < -0.4 is 0 Å². The number of esters is 2. The van der Waals surface area contributed by atoms with Crippen molar-refractivity contribution in [2.75, 3.05) is 20.8 Å². The van der Waals surface area contributed by atoms with E-state index in [4.69, 9.17) is 14.2 Å². The van der Waals surface area contributed by atoms with Crippen LogP contribution in [0.2, 0.25) is 0 Å². The van der Waals surface area contributed by atoms with Gasteiger partial charge in [0.2, 0.25) is 5.60 Å². The molecule has 1 aromatic rings. The Morgan fingerprint density at radius 1 is 1.19 bits per heavy atom. The first-order valence-corrected chi connectivity index (χ1v) is 9.22. The first-order chi connectivity index (χ1) is 14.7. The molecule has 0 saturated heterocycles. The van der Waals surface area contributed by atoms with Crippen LogP contribution in [0, 0.1) is 0 Å². The van der Waals surface area contributed by atoms with Crippen molar-refractivity contribution in [2.45, 2.75) is 24.9 Å². The molecule has 10 heteroatoms. The monoisotopic (exact) mass is 439 g/mol. The van der Waals surface area contributed by atoms with E-state index in [1.807, 2.05) is 0 Å². The molecule has 0 bridgehead atoms. The standard InChI is InChI=1S/C21H20F3NO6/c1-4-30-12-10-20(21(22,23)24)15(18(26)28-2)16(19(27)29-3)25-11-9-13-7-5-6-8-14(13)17(25)31-20/h5-12,17H,4H2,1-3H3/b12-10+. The lowest BCUT2D eigenvalue weighted by atomic mass is 9.86. The summed E-state index contributed by atoms with van der Waals surface area (Å²) in [5, 5.41) is 0. The predicted molar refractivity (Wildman–Crippen MR) is 102 cm³/mol. The molecule has 7 nitrogen and oxygen atoms in total. The Hall–Kier alpha value is -3.27. The minimum Gasteiger partial charge on any atom is -0.502 e. The number of nitrogens with zero attached hydrogens (tertiary/aromatic N) is 1. The lowest BCUT2D eigenvalue weighted by Crippen LogP contribution is -2.57. The minimum absolute atomic E-state index is 0.0761. The maximum atomic E-state index is 14.6. The molecule has 0 aromatic heterocycles. The number of rotatable bonds is 5. The van der Waals surface area contributed by atoms with Crippen LogP contribution >= 0.6 is 0 Å². The summed E-state index contributed by atoms with van der Waals surface area (Å²) in [6.45, 7) is 1.65. The summed E-state index contributed by atoms with van der Waals surface area (Å²) in [5.41, 5.74) is -4.08. The summed E-state index contributed by atoms with van der Waals surface area (Å²) in [6, 6.07) is 6.60. The summed E-state index contributed by atoms with van der Waals surface area (Å²) < 4.78 is 63.6.